The number of aliphatic carboxylic acids is 1. The third kappa shape index (κ3) is 2.62. The van der Waals surface area contributed by atoms with Gasteiger partial charge in [0.2, 0.25) is 5.91 Å². The number of carbonyl (C=O) groups is 2. The molecular weight excluding hydrogens is 250 g/mol. The molecule has 0 spiro atoms. The topological polar surface area (TPSA) is 87.1 Å². The molecule has 1 aromatic rings. The molecular formula is C13H15NO5. The number of benzene rings is 1. The molecule has 0 radical (unpaired) electrons. The predicted molar refractivity (Wildman–Crippen MR) is 65.8 cm³/mol. The van der Waals surface area contributed by atoms with Crippen LogP contribution in [-0.2, 0) is 16.1 Å². The van der Waals surface area contributed by atoms with Crippen LogP contribution in [0.2, 0.25) is 0 Å². The molecule has 6 heteroatoms. The highest BCUT2D eigenvalue weighted by Crippen LogP contribution is 2.31. The van der Waals surface area contributed by atoms with Crippen LogP contribution in [0.15, 0.2) is 18.2 Å². The van der Waals surface area contributed by atoms with E-state index in [9.17, 15) is 14.7 Å². The molecule has 1 amide bonds. The largest absolute Gasteiger partial charge is 0.504 e. The van der Waals surface area contributed by atoms with Crippen LogP contribution in [-0.4, -0.2) is 40.6 Å². The summed E-state index contributed by atoms with van der Waals surface area (Å²) in [6.45, 7) is 0.358. The van der Waals surface area contributed by atoms with Gasteiger partial charge in [-0.15, -0.1) is 0 Å². The third-order valence-corrected chi connectivity index (χ3v) is 3.23. The van der Waals surface area contributed by atoms with Crippen LogP contribution in [0.5, 0.6) is 11.5 Å². The van der Waals surface area contributed by atoms with Crippen molar-refractivity contribution in [2.75, 3.05) is 13.7 Å². The van der Waals surface area contributed by atoms with Gasteiger partial charge in [0.15, 0.2) is 11.5 Å². The van der Waals surface area contributed by atoms with Gasteiger partial charge in [-0.2, -0.15) is 0 Å². The maximum absolute atomic E-state index is 11.7. The Labute approximate surface area is 110 Å². The number of likely N-dealkylation sites (tertiary alicyclic amines) is 1. The third-order valence-electron chi connectivity index (χ3n) is 3.23. The first-order chi connectivity index (χ1) is 9.02. The summed E-state index contributed by atoms with van der Waals surface area (Å²) in [7, 11) is 1.44. The zero-order valence-electron chi connectivity index (χ0n) is 10.5. The minimum atomic E-state index is -0.967. The van der Waals surface area contributed by atoms with Crippen LogP contribution < -0.4 is 4.74 Å². The number of rotatable bonds is 4. The number of hydrogen-bond acceptors (Lipinski definition) is 4. The van der Waals surface area contributed by atoms with Crippen molar-refractivity contribution in [3.05, 3.63) is 23.8 Å². The number of phenols is 1. The monoisotopic (exact) mass is 265 g/mol. The predicted octanol–water partition coefficient (Wildman–Crippen LogP) is 0.834. The van der Waals surface area contributed by atoms with Crippen molar-refractivity contribution in [1.29, 1.82) is 0 Å². The van der Waals surface area contributed by atoms with E-state index in [0.29, 0.717) is 11.3 Å². The van der Waals surface area contributed by atoms with E-state index in [0.717, 1.165) is 0 Å². The van der Waals surface area contributed by atoms with E-state index in [1.807, 2.05) is 0 Å². The molecule has 2 rings (SSSR count). The quantitative estimate of drug-likeness (QED) is 0.842. The fraction of sp³-hybridized carbons (Fsp3) is 0.385. The average Bonchev–Trinajstić information content (AvgIpc) is 2.74. The summed E-state index contributed by atoms with van der Waals surface area (Å²) < 4.78 is 4.99. The van der Waals surface area contributed by atoms with Crippen molar-refractivity contribution in [2.24, 2.45) is 5.92 Å². The summed E-state index contributed by atoms with van der Waals surface area (Å²) in [5, 5.41) is 18.8. The Bertz CT molecular complexity index is 514. The van der Waals surface area contributed by atoms with Gasteiger partial charge in [0.1, 0.15) is 0 Å². The van der Waals surface area contributed by atoms with Gasteiger partial charge in [-0.3, -0.25) is 9.59 Å². The Kier molecular flexibility index (Phi) is 3.59. The van der Waals surface area contributed by atoms with Gasteiger partial charge in [0.05, 0.1) is 13.0 Å². The molecule has 1 aliphatic heterocycles. The number of phenolic OH excluding ortho intramolecular Hbond substituents is 1. The fourth-order valence-electron chi connectivity index (χ4n) is 2.16. The van der Waals surface area contributed by atoms with Crippen molar-refractivity contribution in [2.45, 2.75) is 13.0 Å². The Morgan fingerprint density at radius 3 is 2.84 bits per heavy atom. The van der Waals surface area contributed by atoms with Gasteiger partial charge in [-0.25, -0.2) is 0 Å². The number of carbonyl (C=O) groups excluding carboxylic acids is 1. The first kappa shape index (κ1) is 13.2. The van der Waals surface area contributed by atoms with Crippen molar-refractivity contribution in [1.82, 2.24) is 4.90 Å². The lowest BCUT2D eigenvalue weighted by molar-refractivity contribution is -0.141. The molecule has 0 aliphatic carbocycles. The van der Waals surface area contributed by atoms with Crippen molar-refractivity contribution in [3.63, 3.8) is 0 Å². The highest BCUT2D eigenvalue weighted by molar-refractivity contribution is 5.86. The minimum Gasteiger partial charge on any atom is -0.504 e. The van der Waals surface area contributed by atoms with Crippen LogP contribution in [0.25, 0.3) is 0 Å². The molecule has 6 nitrogen and oxygen atoms in total. The van der Waals surface area contributed by atoms with Gasteiger partial charge in [-0.1, -0.05) is 12.1 Å². The number of hydrogen-bond donors (Lipinski definition) is 2. The second-order valence-electron chi connectivity index (χ2n) is 4.48. The molecule has 19 heavy (non-hydrogen) atoms. The van der Waals surface area contributed by atoms with Gasteiger partial charge < -0.3 is 19.8 Å². The Balaban J connectivity index is 2.14. The van der Waals surface area contributed by atoms with Crippen molar-refractivity contribution in [3.8, 4) is 11.5 Å². The molecule has 0 saturated carbocycles. The molecule has 1 fully saturated rings. The summed E-state index contributed by atoms with van der Waals surface area (Å²) in [5.74, 6) is -1.53. The molecule has 1 aliphatic rings. The lowest BCUT2D eigenvalue weighted by atomic mass is 10.1. The standard InChI is InChI=1S/C13H15NO5/c1-19-10-4-2-3-8(12(10)16)6-14-7-9(13(17)18)5-11(14)15/h2-4,9,16H,5-7H2,1H3,(H,17,18). The zero-order valence-corrected chi connectivity index (χ0v) is 10.5. The van der Waals surface area contributed by atoms with Crippen LogP contribution in [0.3, 0.4) is 0 Å². The summed E-state index contributed by atoms with van der Waals surface area (Å²) in [4.78, 5) is 24.0. The molecule has 1 saturated heterocycles. The molecule has 102 valence electrons. The molecule has 1 unspecified atom stereocenters. The molecule has 2 N–H and O–H groups in total. The first-order valence-corrected chi connectivity index (χ1v) is 5.88. The first-order valence-electron chi connectivity index (χ1n) is 5.88. The number of carboxylic acid groups (broad SMARTS) is 1. The van der Waals surface area contributed by atoms with Crippen LogP contribution in [0.1, 0.15) is 12.0 Å². The number of aromatic hydroxyl groups is 1. The molecule has 0 aromatic heterocycles. The van der Waals surface area contributed by atoms with E-state index in [-0.39, 0.29) is 31.2 Å². The second kappa shape index (κ2) is 5.17. The second-order valence-corrected chi connectivity index (χ2v) is 4.48. The lowest BCUT2D eigenvalue weighted by Crippen LogP contribution is -2.25. The number of para-hydroxylation sites is 1. The van der Waals surface area contributed by atoms with E-state index in [2.05, 4.69) is 0 Å². The van der Waals surface area contributed by atoms with E-state index in [1.54, 1.807) is 18.2 Å². The molecule has 0 bridgehead atoms. The van der Waals surface area contributed by atoms with Crippen LogP contribution in [0.4, 0.5) is 0 Å². The highest BCUT2D eigenvalue weighted by atomic mass is 16.5. The number of nitrogens with zero attached hydrogens (tertiary/aromatic N) is 1. The summed E-state index contributed by atoms with van der Waals surface area (Å²) >= 11 is 0. The Hall–Kier alpha value is -2.24. The van der Waals surface area contributed by atoms with Gasteiger partial charge in [-0.05, 0) is 6.07 Å². The van der Waals surface area contributed by atoms with Crippen molar-refractivity contribution < 1.29 is 24.5 Å². The van der Waals surface area contributed by atoms with Crippen LogP contribution in [0, 0.1) is 5.92 Å². The molecule has 1 aromatic carbocycles. The van der Waals surface area contributed by atoms with Gasteiger partial charge in [0, 0.05) is 25.1 Å². The summed E-state index contributed by atoms with van der Waals surface area (Å²) in [6, 6.07) is 5.01. The average molecular weight is 265 g/mol. The number of ether oxygens (including phenoxy) is 1. The van der Waals surface area contributed by atoms with Crippen molar-refractivity contribution >= 4 is 11.9 Å². The lowest BCUT2D eigenvalue weighted by Gasteiger charge is -2.17. The van der Waals surface area contributed by atoms with Gasteiger partial charge >= 0.3 is 5.97 Å². The SMILES string of the molecule is COc1cccc(CN2CC(C(=O)O)CC2=O)c1O. The molecule has 1 atom stereocenters. The normalized spacial score (nSPS) is 18.7. The van der Waals surface area contributed by atoms with E-state index in [1.165, 1.54) is 12.0 Å². The van der Waals surface area contributed by atoms with E-state index >= 15 is 0 Å². The summed E-state index contributed by atoms with van der Waals surface area (Å²) in [5.41, 5.74) is 0.540. The highest BCUT2D eigenvalue weighted by Gasteiger charge is 2.34. The Morgan fingerprint density at radius 1 is 1.53 bits per heavy atom. The number of carboxylic acids is 1. The smallest absolute Gasteiger partial charge is 0.308 e. The fourth-order valence-corrected chi connectivity index (χ4v) is 2.16. The van der Waals surface area contributed by atoms with Crippen LogP contribution >= 0.6 is 0 Å². The van der Waals surface area contributed by atoms with E-state index < -0.39 is 11.9 Å². The maximum Gasteiger partial charge on any atom is 0.308 e. The number of amides is 1. The maximum atomic E-state index is 11.7. The molecule has 1 heterocycles. The summed E-state index contributed by atoms with van der Waals surface area (Å²) in [6.07, 6.45) is 0.0140. The minimum absolute atomic E-state index is 0.0140. The van der Waals surface area contributed by atoms with E-state index in [4.69, 9.17) is 9.84 Å². The number of methoxy groups -OCH3 is 1. The Morgan fingerprint density at radius 2 is 2.26 bits per heavy atom. The zero-order chi connectivity index (χ0) is 14.0. The van der Waals surface area contributed by atoms with Gasteiger partial charge in [0.25, 0.3) is 0 Å².